The van der Waals surface area contributed by atoms with Crippen LogP contribution in [-0.2, 0) is 5.41 Å². The van der Waals surface area contributed by atoms with Crippen LogP contribution in [0, 0.1) is 6.92 Å². The molecule has 1 aromatic heterocycles. The zero-order valence-electron chi connectivity index (χ0n) is 13.0. The second-order valence-corrected chi connectivity index (χ2v) is 6.54. The molecule has 0 spiro atoms. The van der Waals surface area contributed by atoms with Gasteiger partial charge in [0.2, 0.25) is 0 Å². The van der Waals surface area contributed by atoms with E-state index in [0.29, 0.717) is 0 Å². The summed E-state index contributed by atoms with van der Waals surface area (Å²) in [6.45, 7) is 12.1. The van der Waals surface area contributed by atoms with Gasteiger partial charge in [-0.1, -0.05) is 20.8 Å². The van der Waals surface area contributed by atoms with E-state index in [1.54, 1.807) is 0 Å². The highest BCUT2D eigenvalue weighted by atomic mass is 16.3. The lowest BCUT2D eigenvalue weighted by molar-refractivity contribution is 0.233. The van der Waals surface area contributed by atoms with Crippen LogP contribution in [0.1, 0.15) is 46.0 Å². The highest BCUT2D eigenvalue weighted by molar-refractivity contribution is 5.58. The largest absolute Gasteiger partial charge is 0.394 e. The molecule has 0 unspecified atom stereocenters. The molecular formula is C14H26N4O. The second-order valence-electron chi connectivity index (χ2n) is 6.54. The third-order valence-electron chi connectivity index (χ3n) is 2.91. The van der Waals surface area contributed by atoms with Crippen LogP contribution in [0.15, 0.2) is 0 Å². The van der Waals surface area contributed by atoms with E-state index in [1.165, 1.54) is 0 Å². The molecule has 108 valence electrons. The minimum atomic E-state index is -0.417. The van der Waals surface area contributed by atoms with Gasteiger partial charge in [-0.25, -0.2) is 9.97 Å². The Balaban J connectivity index is 3.30. The zero-order valence-corrected chi connectivity index (χ0v) is 13.0. The van der Waals surface area contributed by atoms with Crippen molar-refractivity contribution < 1.29 is 5.11 Å². The number of hydrogen-bond donors (Lipinski definition) is 3. The molecule has 0 radical (unpaired) electrons. The summed E-state index contributed by atoms with van der Waals surface area (Å²) in [7, 11) is 1.85. The van der Waals surface area contributed by atoms with Gasteiger partial charge >= 0.3 is 0 Å². The smallest absolute Gasteiger partial charge is 0.138 e. The Labute approximate surface area is 115 Å². The molecule has 1 heterocycles. The SMILES string of the molecule is CNc1nc(C(C)(C)C)nc(NC(C)(C)CO)c1C. The van der Waals surface area contributed by atoms with E-state index >= 15 is 0 Å². The van der Waals surface area contributed by atoms with E-state index in [-0.39, 0.29) is 12.0 Å². The van der Waals surface area contributed by atoms with Gasteiger partial charge in [-0.2, -0.15) is 0 Å². The monoisotopic (exact) mass is 266 g/mol. The number of hydrogen-bond acceptors (Lipinski definition) is 5. The number of aliphatic hydroxyl groups is 1. The molecule has 0 bridgehead atoms. The first-order valence-corrected chi connectivity index (χ1v) is 6.56. The lowest BCUT2D eigenvalue weighted by Crippen LogP contribution is -2.36. The number of aliphatic hydroxyl groups excluding tert-OH is 1. The third kappa shape index (κ3) is 3.80. The van der Waals surface area contributed by atoms with Gasteiger partial charge in [0.15, 0.2) is 0 Å². The van der Waals surface area contributed by atoms with Gasteiger partial charge in [-0.3, -0.25) is 0 Å². The summed E-state index contributed by atoms with van der Waals surface area (Å²) < 4.78 is 0. The average molecular weight is 266 g/mol. The molecule has 0 aliphatic rings. The molecule has 0 atom stereocenters. The van der Waals surface area contributed by atoms with Crippen molar-refractivity contribution in [2.24, 2.45) is 0 Å². The van der Waals surface area contributed by atoms with Crippen molar-refractivity contribution in [1.29, 1.82) is 0 Å². The molecule has 0 saturated heterocycles. The molecule has 0 fully saturated rings. The molecule has 19 heavy (non-hydrogen) atoms. The maximum atomic E-state index is 9.38. The molecule has 1 rings (SSSR count). The molecule has 3 N–H and O–H groups in total. The predicted molar refractivity (Wildman–Crippen MR) is 79.8 cm³/mol. The number of rotatable bonds is 4. The average Bonchev–Trinajstić information content (AvgIpc) is 2.30. The highest BCUT2D eigenvalue weighted by Gasteiger charge is 2.24. The first-order chi connectivity index (χ1) is 8.60. The van der Waals surface area contributed by atoms with Crippen molar-refractivity contribution in [2.45, 2.75) is 52.5 Å². The second kappa shape index (κ2) is 5.33. The van der Waals surface area contributed by atoms with E-state index in [9.17, 15) is 5.11 Å². The number of aromatic nitrogens is 2. The van der Waals surface area contributed by atoms with Crippen molar-refractivity contribution in [1.82, 2.24) is 9.97 Å². The third-order valence-corrected chi connectivity index (χ3v) is 2.91. The molecule has 0 amide bonds. The lowest BCUT2D eigenvalue weighted by Gasteiger charge is -2.27. The standard InChI is InChI=1S/C14H26N4O/c1-9-10(15-7)16-12(13(2,3)4)17-11(9)18-14(5,6)8-19/h19H,8H2,1-7H3,(H2,15,16,17,18). The van der Waals surface area contributed by atoms with Crippen LogP contribution in [0.25, 0.3) is 0 Å². The van der Waals surface area contributed by atoms with Crippen LogP contribution in [0.4, 0.5) is 11.6 Å². The van der Waals surface area contributed by atoms with Gasteiger partial charge in [-0.15, -0.1) is 0 Å². The molecule has 0 aliphatic heterocycles. The van der Waals surface area contributed by atoms with Crippen LogP contribution < -0.4 is 10.6 Å². The maximum absolute atomic E-state index is 9.38. The molecular weight excluding hydrogens is 240 g/mol. The van der Waals surface area contributed by atoms with Crippen molar-refractivity contribution in [3.05, 3.63) is 11.4 Å². The first-order valence-electron chi connectivity index (χ1n) is 6.56. The van der Waals surface area contributed by atoms with Crippen LogP contribution >= 0.6 is 0 Å². The summed E-state index contributed by atoms with van der Waals surface area (Å²) in [4.78, 5) is 9.17. The first kappa shape index (κ1) is 15.7. The van der Waals surface area contributed by atoms with Gasteiger partial charge < -0.3 is 15.7 Å². The molecule has 1 aromatic rings. The summed E-state index contributed by atoms with van der Waals surface area (Å²) in [5.41, 5.74) is 0.412. The molecule has 0 saturated carbocycles. The summed E-state index contributed by atoms with van der Waals surface area (Å²) in [5, 5.41) is 15.8. The van der Waals surface area contributed by atoms with E-state index in [0.717, 1.165) is 23.0 Å². The summed E-state index contributed by atoms with van der Waals surface area (Å²) in [6, 6.07) is 0. The van der Waals surface area contributed by atoms with Crippen molar-refractivity contribution in [2.75, 3.05) is 24.3 Å². The van der Waals surface area contributed by atoms with Crippen LogP contribution in [0.5, 0.6) is 0 Å². The van der Waals surface area contributed by atoms with Gasteiger partial charge in [0.1, 0.15) is 17.5 Å². The normalized spacial score (nSPS) is 12.4. The molecule has 0 aromatic carbocycles. The zero-order chi connectivity index (χ0) is 14.8. The molecule has 5 nitrogen and oxygen atoms in total. The Hall–Kier alpha value is -1.36. The Kier molecular flexibility index (Phi) is 4.40. The quantitative estimate of drug-likeness (QED) is 0.780. The van der Waals surface area contributed by atoms with Crippen LogP contribution in [0.2, 0.25) is 0 Å². The highest BCUT2D eigenvalue weighted by Crippen LogP contribution is 2.27. The molecule has 5 heteroatoms. The number of anilines is 2. The Morgan fingerprint density at radius 1 is 1.05 bits per heavy atom. The van der Waals surface area contributed by atoms with E-state index < -0.39 is 5.54 Å². The Morgan fingerprint density at radius 2 is 1.58 bits per heavy atom. The Morgan fingerprint density at radius 3 is 2.00 bits per heavy atom. The van der Waals surface area contributed by atoms with E-state index in [1.807, 2.05) is 27.8 Å². The fourth-order valence-electron chi connectivity index (χ4n) is 1.58. The predicted octanol–water partition coefficient (Wildman–Crippen LogP) is 2.31. The van der Waals surface area contributed by atoms with E-state index in [4.69, 9.17) is 0 Å². The van der Waals surface area contributed by atoms with Gasteiger partial charge in [0, 0.05) is 18.0 Å². The topological polar surface area (TPSA) is 70.1 Å². The summed E-state index contributed by atoms with van der Waals surface area (Å²) in [6.07, 6.45) is 0. The fraction of sp³-hybridized carbons (Fsp3) is 0.714. The van der Waals surface area contributed by atoms with Gasteiger partial charge in [-0.05, 0) is 20.8 Å². The number of nitrogens with zero attached hydrogens (tertiary/aromatic N) is 2. The summed E-state index contributed by atoms with van der Waals surface area (Å²) >= 11 is 0. The minimum absolute atomic E-state index is 0.0379. The lowest BCUT2D eigenvalue weighted by atomic mass is 9.95. The molecule has 0 aliphatic carbocycles. The van der Waals surface area contributed by atoms with Crippen molar-refractivity contribution >= 4 is 11.6 Å². The number of nitrogens with one attached hydrogen (secondary N) is 2. The van der Waals surface area contributed by atoms with Crippen LogP contribution in [0.3, 0.4) is 0 Å². The van der Waals surface area contributed by atoms with Gasteiger partial charge in [0.05, 0.1) is 12.1 Å². The minimum Gasteiger partial charge on any atom is -0.394 e. The Bertz CT molecular complexity index is 449. The van der Waals surface area contributed by atoms with Crippen molar-refractivity contribution in [3.63, 3.8) is 0 Å². The maximum Gasteiger partial charge on any atom is 0.138 e. The fourth-order valence-corrected chi connectivity index (χ4v) is 1.58. The van der Waals surface area contributed by atoms with Crippen molar-refractivity contribution in [3.8, 4) is 0 Å². The van der Waals surface area contributed by atoms with E-state index in [2.05, 4.69) is 41.4 Å². The van der Waals surface area contributed by atoms with Gasteiger partial charge in [0.25, 0.3) is 0 Å². The van der Waals surface area contributed by atoms with Crippen LogP contribution in [-0.4, -0.2) is 34.3 Å². The summed E-state index contributed by atoms with van der Waals surface area (Å²) in [5.74, 6) is 2.36.